The first-order valence-corrected chi connectivity index (χ1v) is 5.26. The fourth-order valence-electron chi connectivity index (χ4n) is 1.57. The van der Waals surface area contributed by atoms with Gasteiger partial charge in [-0.1, -0.05) is 11.6 Å². The van der Waals surface area contributed by atoms with Crippen LogP contribution in [0.4, 0.5) is 11.8 Å². The SMILES string of the molecule is Nc1nc(Cl)cc(NC2CCCOC2)n1. The van der Waals surface area contributed by atoms with E-state index in [1.54, 1.807) is 6.07 Å². The monoisotopic (exact) mass is 228 g/mol. The molecule has 1 aliphatic heterocycles. The van der Waals surface area contributed by atoms with Crippen molar-refractivity contribution in [1.82, 2.24) is 9.97 Å². The largest absolute Gasteiger partial charge is 0.379 e. The summed E-state index contributed by atoms with van der Waals surface area (Å²) in [6, 6.07) is 1.94. The number of halogens is 1. The Hall–Kier alpha value is -1.07. The third-order valence-electron chi connectivity index (χ3n) is 2.22. The molecule has 0 amide bonds. The Balaban J connectivity index is 2.02. The zero-order chi connectivity index (χ0) is 10.7. The van der Waals surface area contributed by atoms with Crippen LogP contribution in [0.1, 0.15) is 12.8 Å². The minimum Gasteiger partial charge on any atom is -0.379 e. The van der Waals surface area contributed by atoms with Gasteiger partial charge in [-0.15, -0.1) is 0 Å². The number of nitrogen functional groups attached to an aromatic ring is 1. The molecule has 0 saturated carbocycles. The summed E-state index contributed by atoms with van der Waals surface area (Å²) in [5.74, 6) is 0.838. The predicted octanol–water partition coefficient (Wildman–Crippen LogP) is 1.30. The average molecular weight is 229 g/mol. The lowest BCUT2D eigenvalue weighted by molar-refractivity contribution is 0.0875. The molecular weight excluding hydrogens is 216 g/mol. The van der Waals surface area contributed by atoms with E-state index in [2.05, 4.69) is 15.3 Å². The lowest BCUT2D eigenvalue weighted by atomic mass is 10.1. The molecule has 0 aliphatic carbocycles. The number of rotatable bonds is 2. The number of nitrogens with zero attached hydrogens (tertiary/aromatic N) is 2. The molecule has 1 fully saturated rings. The molecule has 1 saturated heterocycles. The molecule has 1 aromatic heterocycles. The molecule has 1 aromatic rings. The summed E-state index contributed by atoms with van der Waals surface area (Å²) in [7, 11) is 0. The van der Waals surface area contributed by atoms with E-state index in [0.29, 0.717) is 17.6 Å². The van der Waals surface area contributed by atoms with Gasteiger partial charge in [0.05, 0.1) is 12.6 Å². The minimum absolute atomic E-state index is 0.182. The van der Waals surface area contributed by atoms with Crippen molar-refractivity contribution < 1.29 is 4.74 Å². The van der Waals surface area contributed by atoms with Gasteiger partial charge in [0.2, 0.25) is 5.95 Å². The van der Waals surface area contributed by atoms with Crippen LogP contribution in [0.2, 0.25) is 5.15 Å². The second-order valence-corrected chi connectivity index (χ2v) is 3.88. The summed E-state index contributed by atoms with van der Waals surface area (Å²) in [6.07, 6.45) is 2.13. The highest BCUT2D eigenvalue weighted by Gasteiger charge is 2.14. The van der Waals surface area contributed by atoms with E-state index in [1.807, 2.05) is 0 Å². The molecule has 3 N–H and O–H groups in total. The topological polar surface area (TPSA) is 73.1 Å². The van der Waals surface area contributed by atoms with Crippen LogP contribution < -0.4 is 11.1 Å². The van der Waals surface area contributed by atoms with Crippen LogP contribution >= 0.6 is 11.6 Å². The molecule has 2 rings (SSSR count). The maximum absolute atomic E-state index is 5.77. The van der Waals surface area contributed by atoms with Crippen LogP contribution in [0.5, 0.6) is 0 Å². The molecule has 1 unspecified atom stereocenters. The Bertz CT molecular complexity index is 321. The molecule has 6 heteroatoms. The van der Waals surface area contributed by atoms with Crippen LogP contribution in [-0.2, 0) is 4.74 Å². The van der Waals surface area contributed by atoms with Crippen LogP contribution in [0.25, 0.3) is 0 Å². The molecular formula is C9H13ClN4O. The quantitative estimate of drug-likeness (QED) is 0.747. The second-order valence-electron chi connectivity index (χ2n) is 3.49. The summed E-state index contributed by atoms with van der Waals surface area (Å²) in [5, 5.41) is 3.57. The number of hydrogen-bond donors (Lipinski definition) is 2. The number of ether oxygens (including phenoxy) is 1. The van der Waals surface area contributed by atoms with Gasteiger partial charge in [-0.2, -0.15) is 4.98 Å². The standard InChI is InChI=1S/C9H13ClN4O/c10-7-4-8(14-9(11)13-7)12-6-2-1-3-15-5-6/h4,6H,1-3,5H2,(H3,11,12,13,14). The van der Waals surface area contributed by atoms with Crippen molar-refractivity contribution in [2.45, 2.75) is 18.9 Å². The van der Waals surface area contributed by atoms with Crippen molar-refractivity contribution in [3.63, 3.8) is 0 Å². The summed E-state index contributed by atoms with van der Waals surface area (Å²) in [6.45, 7) is 1.53. The molecule has 1 aliphatic rings. The zero-order valence-electron chi connectivity index (χ0n) is 8.24. The second kappa shape index (κ2) is 4.63. The highest BCUT2D eigenvalue weighted by atomic mass is 35.5. The van der Waals surface area contributed by atoms with Gasteiger partial charge in [0.25, 0.3) is 0 Å². The lowest BCUT2D eigenvalue weighted by Crippen LogP contribution is -2.30. The van der Waals surface area contributed by atoms with Gasteiger partial charge < -0.3 is 15.8 Å². The molecule has 0 radical (unpaired) electrons. The fraction of sp³-hybridized carbons (Fsp3) is 0.556. The summed E-state index contributed by atoms with van der Waals surface area (Å²) < 4.78 is 5.34. The fourth-order valence-corrected chi connectivity index (χ4v) is 1.76. The van der Waals surface area contributed by atoms with Crippen LogP contribution in [0.15, 0.2) is 6.07 Å². The van der Waals surface area contributed by atoms with Gasteiger partial charge in [-0.25, -0.2) is 4.98 Å². The van der Waals surface area contributed by atoms with Crippen LogP contribution in [0.3, 0.4) is 0 Å². The maximum Gasteiger partial charge on any atom is 0.223 e. The Morgan fingerprint density at radius 3 is 3.07 bits per heavy atom. The van der Waals surface area contributed by atoms with Crippen molar-refractivity contribution in [2.75, 3.05) is 24.3 Å². The van der Waals surface area contributed by atoms with E-state index in [4.69, 9.17) is 22.1 Å². The number of nitrogens with one attached hydrogen (secondary N) is 1. The van der Waals surface area contributed by atoms with Crippen molar-refractivity contribution >= 4 is 23.4 Å². The van der Waals surface area contributed by atoms with Crippen molar-refractivity contribution in [3.05, 3.63) is 11.2 Å². The van der Waals surface area contributed by atoms with Gasteiger partial charge >= 0.3 is 0 Å². The highest BCUT2D eigenvalue weighted by Crippen LogP contribution is 2.16. The number of nitrogens with two attached hydrogens (primary N) is 1. The van der Waals surface area contributed by atoms with E-state index in [0.717, 1.165) is 19.4 Å². The number of aromatic nitrogens is 2. The van der Waals surface area contributed by atoms with Gasteiger partial charge in [0.1, 0.15) is 11.0 Å². The van der Waals surface area contributed by atoms with E-state index in [1.165, 1.54) is 0 Å². The average Bonchev–Trinajstić information content (AvgIpc) is 2.17. The van der Waals surface area contributed by atoms with Gasteiger partial charge in [-0.3, -0.25) is 0 Å². The molecule has 5 nitrogen and oxygen atoms in total. The molecule has 0 bridgehead atoms. The van der Waals surface area contributed by atoms with E-state index in [-0.39, 0.29) is 12.0 Å². The number of anilines is 2. The van der Waals surface area contributed by atoms with Crippen molar-refractivity contribution in [1.29, 1.82) is 0 Å². The molecule has 0 aromatic carbocycles. The number of hydrogen-bond acceptors (Lipinski definition) is 5. The summed E-state index contributed by atoms with van der Waals surface area (Å²) in [5.41, 5.74) is 5.49. The normalized spacial score (nSPS) is 21.3. The maximum atomic E-state index is 5.77. The Labute approximate surface area is 93.0 Å². The minimum atomic E-state index is 0.182. The smallest absolute Gasteiger partial charge is 0.223 e. The lowest BCUT2D eigenvalue weighted by Gasteiger charge is -2.23. The first kappa shape index (κ1) is 10.4. The Morgan fingerprint density at radius 1 is 1.53 bits per heavy atom. The van der Waals surface area contributed by atoms with Crippen LogP contribution in [0, 0.1) is 0 Å². The van der Waals surface area contributed by atoms with Gasteiger partial charge in [0.15, 0.2) is 0 Å². The van der Waals surface area contributed by atoms with Gasteiger partial charge in [-0.05, 0) is 12.8 Å². The van der Waals surface area contributed by atoms with Crippen LogP contribution in [-0.4, -0.2) is 29.2 Å². The molecule has 1 atom stereocenters. The highest BCUT2D eigenvalue weighted by molar-refractivity contribution is 6.29. The van der Waals surface area contributed by atoms with E-state index < -0.39 is 0 Å². The molecule has 82 valence electrons. The van der Waals surface area contributed by atoms with E-state index >= 15 is 0 Å². The van der Waals surface area contributed by atoms with E-state index in [9.17, 15) is 0 Å². The third kappa shape index (κ3) is 2.94. The molecule has 15 heavy (non-hydrogen) atoms. The first-order chi connectivity index (χ1) is 7.24. The predicted molar refractivity (Wildman–Crippen MR) is 58.9 cm³/mol. The summed E-state index contributed by atoms with van der Waals surface area (Å²) in [4.78, 5) is 7.83. The van der Waals surface area contributed by atoms with Gasteiger partial charge in [0, 0.05) is 12.7 Å². The molecule has 0 spiro atoms. The van der Waals surface area contributed by atoms with Crippen molar-refractivity contribution in [2.24, 2.45) is 0 Å². The Morgan fingerprint density at radius 2 is 2.40 bits per heavy atom. The summed E-state index contributed by atoms with van der Waals surface area (Å²) >= 11 is 5.77. The van der Waals surface area contributed by atoms with Crippen molar-refractivity contribution in [3.8, 4) is 0 Å². The Kier molecular flexibility index (Phi) is 3.23. The first-order valence-electron chi connectivity index (χ1n) is 4.88. The zero-order valence-corrected chi connectivity index (χ0v) is 9.00. The molecule has 2 heterocycles. The third-order valence-corrected chi connectivity index (χ3v) is 2.42.